The van der Waals surface area contributed by atoms with E-state index in [-0.39, 0.29) is 5.91 Å². The van der Waals surface area contributed by atoms with Crippen LogP contribution < -0.4 is 14.2 Å². The van der Waals surface area contributed by atoms with E-state index in [1.54, 1.807) is 31.1 Å². The number of carbonyl (C=O) groups excluding carboxylic acids is 1. The number of piperazine rings is 1. The van der Waals surface area contributed by atoms with Gasteiger partial charge in [-0.2, -0.15) is 4.68 Å². The van der Waals surface area contributed by atoms with Crippen molar-refractivity contribution < 1.29 is 19.0 Å². The van der Waals surface area contributed by atoms with Crippen LogP contribution >= 0.6 is 0 Å². The molecule has 1 aliphatic heterocycles. The van der Waals surface area contributed by atoms with Crippen molar-refractivity contribution in [3.63, 3.8) is 0 Å². The number of methoxy groups -OCH3 is 2. The predicted octanol–water partition coefficient (Wildman–Crippen LogP) is 2.44. The average Bonchev–Trinajstić information content (AvgIpc) is 3.36. The van der Waals surface area contributed by atoms with Gasteiger partial charge in [0.25, 0.3) is 0 Å². The van der Waals surface area contributed by atoms with E-state index in [1.165, 1.54) is 0 Å². The Morgan fingerprint density at radius 2 is 1.74 bits per heavy atom. The molecule has 0 bridgehead atoms. The Kier molecular flexibility index (Phi) is 7.94. The molecule has 4 rings (SSSR count). The molecule has 0 N–H and O–H groups in total. The van der Waals surface area contributed by atoms with Crippen molar-refractivity contribution in [2.45, 2.75) is 13.5 Å². The Labute approximate surface area is 204 Å². The molecule has 0 radical (unpaired) electrons. The molecule has 10 heteroatoms. The highest BCUT2D eigenvalue weighted by Gasteiger charge is 2.22. The number of aromatic nitrogens is 4. The molecule has 1 amide bonds. The minimum atomic E-state index is -0.0151. The van der Waals surface area contributed by atoms with Gasteiger partial charge in [0.1, 0.15) is 5.75 Å². The van der Waals surface area contributed by atoms with Gasteiger partial charge in [0.15, 0.2) is 17.3 Å². The number of benzene rings is 2. The molecule has 1 fully saturated rings. The van der Waals surface area contributed by atoms with Crippen molar-refractivity contribution in [2.24, 2.45) is 0 Å². The van der Waals surface area contributed by atoms with Crippen LogP contribution in [-0.4, -0.2) is 82.9 Å². The van der Waals surface area contributed by atoms with Gasteiger partial charge in [-0.25, -0.2) is 0 Å². The Balaban J connectivity index is 1.31. The van der Waals surface area contributed by atoms with E-state index in [4.69, 9.17) is 14.2 Å². The third-order valence-corrected chi connectivity index (χ3v) is 5.80. The van der Waals surface area contributed by atoms with Gasteiger partial charge in [-0.1, -0.05) is 6.07 Å². The smallest absolute Gasteiger partial charge is 0.246 e. The second-order valence-electron chi connectivity index (χ2n) is 7.98. The topological polar surface area (TPSA) is 94.8 Å². The first-order chi connectivity index (χ1) is 17.1. The predicted molar refractivity (Wildman–Crippen MR) is 131 cm³/mol. The number of hydrogen-bond acceptors (Lipinski definition) is 8. The summed E-state index contributed by atoms with van der Waals surface area (Å²) in [5, 5.41) is 12.2. The monoisotopic (exact) mass is 478 g/mol. The van der Waals surface area contributed by atoms with E-state index in [9.17, 15) is 4.79 Å². The summed E-state index contributed by atoms with van der Waals surface area (Å²) in [5.41, 5.74) is 1.75. The Hall–Kier alpha value is -3.92. The largest absolute Gasteiger partial charge is 0.494 e. The molecule has 184 valence electrons. The van der Waals surface area contributed by atoms with E-state index in [0.717, 1.165) is 35.9 Å². The van der Waals surface area contributed by atoms with Crippen LogP contribution in [-0.2, 0) is 11.3 Å². The van der Waals surface area contributed by atoms with Crippen LogP contribution in [0.15, 0.2) is 48.5 Å². The molecule has 1 aromatic heterocycles. The molecular formula is C25H30N6O4. The van der Waals surface area contributed by atoms with Crippen molar-refractivity contribution in [1.29, 1.82) is 0 Å². The molecule has 0 saturated carbocycles. The van der Waals surface area contributed by atoms with Gasteiger partial charge in [-0.15, -0.1) is 5.10 Å². The number of ether oxygens (including phenoxy) is 3. The van der Waals surface area contributed by atoms with Gasteiger partial charge in [0.05, 0.1) is 33.1 Å². The highest BCUT2D eigenvalue weighted by molar-refractivity contribution is 5.92. The first kappa shape index (κ1) is 24.2. The molecule has 0 aliphatic carbocycles. The second-order valence-corrected chi connectivity index (χ2v) is 7.98. The van der Waals surface area contributed by atoms with Crippen LogP contribution in [0.5, 0.6) is 17.2 Å². The van der Waals surface area contributed by atoms with Crippen molar-refractivity contribution in [3.8, 4) is 22.9 Å². The number of nitrogens with zero attached hydrogens (tertiary/aromatic N) is 6. The van der Waals surface area contributed by atoms with Crippen molar-refractivity contribution in [2.75, 3.05) is 47.0 Å². The minimum Gasteiger partial charge on any atom is -0.494 e. The summed E-state index contributed by atoms with van der Waals surface area (Å²) >= 11 is 0. The maximum absolute atomic E-state index is 12.7. The molecule has 3 aromatic rings. The molecule has 1 aliphatic rings. The second kappa shape index (κ2) is 11.5. The lowest BCUT2D eigenvalue weighted by atomic mass is 10.2. The molecule has 2 heterocycles. The molecule has 35 heavy (non-hydrogen) atoms. The fourth-order valence-electron chi connectivity index (χ4n) is 3.91. The van der Waals surface area contributed by atoms with E-state index in [1.807, 2.05) is 54.3 Å². The summed E-state index contributed by atoms with van der Waals surface area (Å²) in [6, 6.07) is 13.2. The normalized spacial score (nSPS) is 14.3. The SMILES string of the molecule is CCOc1ccc(-n2nnnc2CN2CCN(C(=O)/C=C\c3ccc(OC)c(OC)c3)CC2)cc1. The lowest BCUT2D eigenvalue weighted by molar-refractivity contribution is -0.127. The number of carbonyl (C=O) groups is 1. The van der Waals surface area contributed by atoms with Crippen LogP contribution in [0.1, 0.15) is 18.3 Å². The quantitative estimate of drug-likeness (QED) is 0.433. The van der Waals surface area contributed by atoms with E-state index in [0.29, 0.717) is 37.7 Å². The highest BCUT2D eigenvalue weighted by Crippen LogP contribution is 2.28. The molecule has 1 saturated heterocycles. The summed E-state index contributed by atoms with van der Waals surface area (Å²) in [7, 11) is 3.18. The zero-order valence-corrected chi connectivity index (χ0v) is 20.3. The van der Waals surface area contributed by atoms with Gasteiger partial charge >= 0.3 is 0 Å². The zero-order chi connectivity index (χ0) is 24.6. The first-order valence-electron chi connectivity index (χ1n) is 11.5. The number of rotatable bonds is 9. The van der Waals surface area contributed by atoms with E-state index < -0.39 is 0 Å². The summed E-state index contributed by atoms with van der Waals surface area (Å²) in [6.45, 7) is 5.94. The third kappa shape index (κ3) is 5.96. The van der Waals surface area contributed by atoms with Gasteiger partial charge in [0, 0.05) is 32.3 Å². The number of hydrogen-bond donors (Lipinski definition) is 0. The maximum atomic E-state index is 12.7. The summed E-state index contributed by atoms with van der Waals surface area (Å²) in [4.78, 5) is 16.8. The Morgan fingerprint density at radius 1 is 1.00 bits per heavy atom. The highest BCUT2D eigenvalue weighted by atomic mass is 16.5. The van der Waals surface area contributed by atoms with E-state index in [2.05, 4.69) is 20.4 Å². The summed E-state index contributed by atoms with van der Waals surface area (Å²) in [5.74, 6) is 2.83. The Bertz CT molecular complexity index is 1150. The van der Waals surface area contributed by atoms with Gasteiger partial charge in [-0.3, -0.25) is 9.69 Å². The fourth-order valence-corrected chi connectivity index (χ4v) is 3.91. The van der Waals surface area contributed by atoms with Crippen molar-refractivity contribution in [3.05, 3.63) is 59.9 Å². The molecule has 0 unspecified atom stereocenters. The standard InChI is InChI=1S/C25H30N6O4/c1-4-35-21-9-7-20(8-10-21)31-24(26-27-28-31)18-29-13-15-30(16-14-29)25(32)12-6-19-5-11-22(33-2)23(17-19)34-3/h5-12,17H,4,13-16,18H2,1-3H3/b12-6-. The number of tetrazole rings is 1. The van der Waals surface area contributed by atoms with Crippen LogP contribution in [0.25, 0.3) is 11.8 Å². The van der Waals surface area contributed by atoms with Gasteiger partial charge in [-0.05, 0) is 65.4 Å². The number of amides is 1. The lowest BCUT2D eigenvalue weighted by Crippen LogP contribution is -2.48. The molecule has 2 aromatic carbocycles. The fraction of sp³-hybridized carbons (Fsp3) is 0.360. The molecule has 10 nitrogen and oxygen atoms in total. The van der Waals surface area contributed by atoms with Gasteiger partial charge < -0.3 is 19.1 Å². The average molecular weight is 479 g/mol. The van der Waals surface area contributed by atoms with E-state index >= 15 is 0 Å². The molecule has 0 spiro atoms. The van der Waals surface area contributed by atoms with Crippen LogP contribution in [0.2, 0.25) is 0 Å². The third-order valence-electron chi connectivity index (χ3n) is 5.80. The Morgan fingerprint density at radius 3 is 2.43 bits per heavy atom. The summed E-state index contributed by atoms with van der Waals surface area (Å²) in [6.07, 6.45) is 3.39. The van der Waals surface area contributed by atoms with Crippen LogP contribution in [0.4, 0.5) is 0 Å². The molecule has 0 atom stereocenters. The summed E-state index contributed by atoms with van der Waals surface area (Å²) < 4.78 is 17.8. The first-order valence-corrected chi connectivity index (χ1v) is 11.5. The molecular weight excluding hydrogens is 448 g/mol. The lowest BCUT2D eigenvalue weighted by Gasteiger charge is -2.33. The maximum Gasteiger partial charge on any atom is 0.246 e. The van der Waals surface area contributed by atoms with Crippen molar-refractivity contribution >= 4 is 12.0 Å². The van der Waals surface area contributed by atoms with Crippen LogP contribution in [0.3, 0.4) is 0 Å². The minimum absolute atomic E-state index is 0.0151. The zero-order valence-electron chi connectivity index (χ0n) is 20.3. The van der Waals surface area contributed by atoms with Crippen molar-refractivity contribution in [1.82, 2.24) is 30.0 Å². The van der Waals surface area contributed by atoms with Crippen LogP contribution in [0, 0.1) is 0 Å². The van der Waals surface area contributed by atoms with Gasteiger partial charge in [0.2, 0.25) is 5.91 Å².